The molecule has 3 aromatic rings. The monoisotopic (exact) mass is 458 g/mol. The van der Waals surface area contributed by atoms with Crippen molar-refractivity contribution in [2.45, 2.75) is 32.9 Å². The minimum atomic E-state index is -1.34. The highest BCUT2D eigenvalue weighted by Gasteiger charge is 2.22. The van der Waals surface area contributed by atoms with Gasteiger partial charge in [-0.15, -0.1) is 0 Å². The molecule has 1 heterocycles. The summed E-state index contributed by atoms with van der Waals surface area (Å²) in [5.74, 6) is -4.08. The number of carboxylic acids is 1. The lowest BCUT2D eigenvalue weighted by Crippen LogP contribution is -2.26. The average molecular weight is 458 g/mol. The Labute approximate surface area is 189 Å². The summed E-state index contributed by atoms with van der Waals surface area (Å²) >= 11 is 0. The minimum absolute atomic E-state index is 0.0612. The van der Waals surface area contributed by atoms with Gasteiger partial charge in [-0.3, -0.25) is 0 Å². The molecule has 0 saturated carbocycles. The van der Waals surface area contributed by atoms with Crippen molar-refractivity contribution in [3.8, 4) is 34.4 Å². The Bertz CT molecular complexity index is 1140. The number of ether oxygens (including phenoxy) is 3. The van der Waals surface area contributed by atoms with Gasteiger partial charge in [0.2, 0.25) is 0 Å². The summed E-state index contributed by atoms with van der Waals surface area (Å²) in [5, 5.41) is 9.14. The lowest BCUT2D eigenvalue weighted by Gasteiger charge is -2.15. The molecular formula is C24H24F2N2O5. The third kappa shape index (κ3) is 5.95. The fourth-order valence-corrected chi connectivity index (χ4v) is 3.07. The normalized spacial score (nSPS) is 11.7. The summed E-state index contributed by atoms with van der Waals surface area (Å²) in [5.41, 5.74) is 8.22. The number of rotatable bonds is 10. The first-order valence-electron chi connectivity index (χ1n) is 10.3. The topological polar surface area (TPSA) is 104 Å². The van der Waals surface area contributed by atoms with Gasteiger partial charge < -0.3 is 25.1 Å². The van der Waals surface area contributed by atoms with E-state index in [-0.39, 0.29) is 12.2 Å². The number of pyridine rings is 1. The fraction of sp³-hybridized carbons (Fsp3) is 0.250. The van der Waals surface area contributed by atoms with Gasteiger partial charge in [0.1, 0.15) is 11.5 Å². The average Bonchev–Trinajstić information content (AvgIpc) is 2.80. The van der Waals surface area contributed by atoms with Gasteiger partial charge in [0.15, 0.2) is 17.7 Å². The van der Waals surface area contributed by atoms with Crippen molar-refractivity contribution in [2.75, 3.05) is 6.61 Å². The van der Waals surface area contributed by atoms with E-state index < -0.39 is 35.5 Å². The third-order valence-electron chi connectivity index (χ3n) is 4.67. The highest BCUT2D eigenvalue weighted by atomic mass is 19.1. The van der Waals surface area contributed by atoms with Gasteiger partial charge in [-0.1, -0.05) is 25.1 Å². The summed E-state index contributed by atoms with van der Waals surface area (Å²) in [7, 11) is 0. The molecule has 0 radical (unpaired) electrons. The highest BCUT2D eigenvalue weighted by molar-refractivity contribution is 5.72. The van der Waals surface area contributed by atoms with Gasteiger partial charge in [0, 0.05) is 18.7 Å². The fourth-order valence-electron chi connectivity index (χ4n) is 3.07. The second-order valence-electron chi connectivity index (χ2n) is 7.05. The van der Waals surface area contributed by atoms with E-state index in [2.05, 4.69) is 4.98 Å². The number of halogens is 2. The number of hydrogen-bond donors (Lipinski definition) is 2. The molecule has 0 aliphatic heterocycles. The Morgan fingerprint density at radius 1 is 1.03 bits per heavy atom. The first kappa shape index (κ1) is 23.9. The van der Waals surface area contributed by atoms with E-state index >= 15 is 0 Å². The summed E-state index contributed by atoms with van der Waals surface area (Å²) in [6.45, 7) is 4.13. The van der Waals surface area contributed by atoms with Gasteiger partial charge in [0.25, 0.3) is 11.8 Å². The summed E-state index contributed by atoms with van der Waals surface area (Å²) < 4.78 is 44.9. The third-order valence-corrected chi connectivity index (χ3v) is 4.67. The van der Waals surface area contributed by atoms with Crippen LogP contribution in [0.25, 0.3) is 11.1 Å². The maximum Gasteiger partial charge on any atom is 0.344 e. The van der Waals surface area contributed by atoms with E-state index in [4.69, 9.17) is 25.1 Å². The zero-order chi connectivity index (χ0) is 24.0. The lowest BCUT2D eigenvalue weighted by atomic mass is 10.0. The standard InChI is InChI=1S/C24H24F2N2O5/c1-3-21(24(29)30)33-23-20(26)12-19(25)22(28-23)32-18-10-16(9-17(11-18)31-4-2)15-7-5-6-14(8-15)13-27/h5-12,21H,3-4,13,27H2,1-2H3,(H,29,30)/t21-/m1/s1. The Kier molecular flexibility index (Phi) is 7.78. The molecular weight excluding hydrogens is 434 g/mol. The Morgan fingerprint density at radius 2 is 1.76 bits per heavy atom. The predicted molar refractivity (Wildman–Crippen MR) is 118 cm³/mol. The molecule has 0 spiro atoms. The van der Waals surface area contributed by atoms with Crippen LogP contribution in [0.2, 0.25) is 0 Å². The second-order valence-corrected chi connectivity index (χ2v) is 7.05. The van der Waals surface area contributed by atoms with Crippen LogP contribution in [0.4, 0.5) is 8.78 Å². The number of aliphatic carboxylic acids is 1. The van der Waals surface area contributed by atoms with Gasteiger partial charge in [0.05, 0.1) is 6.61 Å². The number of aromatic nitrogens is 1. The van der Waals surface area contributed by atoms with Crippen LogP contribution in [0.3, 0.4) is 0 Å². The first-order valence-corrected chi connectivity index (χ1v) is 10.3. The molecule has 33 heavy (non-hydrogen) atoms. The zero-order valence-corrected chi connectivity index (χ0v) is 18.2. The van der Waals surface area contributed by atoms with Crippen LogP contribution in [0.1, 0.15) is 25.8 Å². The molecule has 0 aliphatic rings. The predicted octanol–water partition coefficient (Wildman–Crippen LogP) is 4.92. The molecule has 9 heteroatoms. The van der Waals surface area contributed by atoms with Crippen molar-refractivity contribution >= 4 is 5.97 Å². The largest absolute Gasteiger partial charge is 0.494 e. The molecule has 0 fully saturated rings. The van der Waals surface area contributed by atoms with E-state index in [0.29, 0.717) is 25.0 Å². The molecule has 1 atom stereocenters. The van der Waals surface area contributed by atoms with Gasteiger partial charge >= 0.3 is 5.97 Å². The van der Waals surface area contributed by atoms with E-state index in [1.807, 2.05) is 31.2 Å². The summed E-state index contributed by atoms with van der Waals surface area (Å²) in [6.07, 6.45) is -1.28. The number of carbonyl (C=O) groups is 1. The van der Waals surface area contributed by atoms with Crippen molar-refractivity contribution < 1.29 is 32.9 Å². The minimum Gasteiger partial charge on any atom is -0.494 e. The zero-order valence-electron chi connectivity index (χ0n) is 18.2. The quantitative estimate of drug-likeness (QED) is 0.444. The maximum atomic E-state index is 14.4. The van der Waals surface area contributed by atoms with E-state index in [9.17, 15) is 13.6 Å². The van der Waals surface area contributed by atoms with Crippen molar-refractivity contribution in [3.05, 3.63) is 65.7 Å². The Morgan fingerprint density at radius 3 is 2.42 bits per heavy atom. The smallest absolute Gasteiger partial charge is 0.344 e. The Hall–Kier alpha value is -3.72. The summed E-state index contributed by atoms with van der Waals surface area (Å²) in [4.78, 5) is 14.9. The Balaban J connectivity index is 1.99. The molecule has 2 aromatic carbocycles. The molecule has 0 amide bonds. The van der Waals surface area contributed by atoms with Crippen molar-refractivity contribution in [2.24, 2.45) is 5.73 Å². The highest BCUT2D eigenvalue weighted by Crippen LogP contribution is 2.34. The summed E-state index contributed by atoms with van der Waals surface area (Å²) in [6, 6.07) is 13.1. The van der Waals surface area contributed by atoms with E-state index in [0.717, 1.165) is 16.7 Å². The van der Waals surface area contributed by atoms with Crippen LogP contribution in [-0.4, -0.2) is 28.8 Å². The molecule has 0 unspecified atom stereocenters. The SMILES string of the molecule is CCOc1cc(Oc2nc(O[C@H](CC)C(=O)O)c(F)cc2F)cc(-c2cccc(CN)c2)c1. The van der Waals surface area contributed by atoms with Crippen LogP contribution in [0.5, 0.6) is 23.3 Å². The number of nitrogens with zero attached hydrogens (tertiary/aromatic N) is 1. The number of carboxylic acid groups (broad SMARTS) is 1. The molecule has 0 bridgehead atoms. The van der Waals surface area contributed by atoms with E-state index in [1.165, 1.54) is 6.07 Å². The van der Waals surface area contributed by atoms with Crippen LogP contribution in [0, 0.1) is 11.6 Å². The number of hydrogen-bond acceptors (Lipinski definition) is 6. The first-order chi connectivity index (χ1) is 15.8. The van der Waals surface area contributed by atoms with Gasteiger partial charge in [-0.05, 0) is 48.2 Å². The van der Waals surface area contributed by atoms with Crippen LogP contribution in [-0.2, 0) is 11.3 Å². The van der Waals surface area contributed by atoms with Crippen LogP contribution in [0.15, 0.2) is 48.5 Å². The molecule has 3 N–H and O–H groups in total. The molecule has 3 rings (SSSR count). The van der Waals surface area contributed by atoms with Crippen molar-refractivity contribution in [1.29, 1.82) is 0 Å². The van der Waals surface area contributed by atoms with Crippen LogP contribution >= 0.6 is 0 Å². The second kappa shape index (κ2) is 10.7. The van der Waals surface area contributed by atoms with Crippen molar-refractivity contribution in [1.82, 2.24) is 4.98 Å². The molecule has 0 saturated heterocycles. The molecule has 0 aliphatic carbocycles. The van der Waals surface area contributed by atoms with E-state index in [1.54, 1.807) is 19.1 Å². The molecule has 174 valence electrons. The van der Waals surface area contributed by atoms with Crippen molar-refractivity contribution in [3.63, 3.8) is 0 Å². The molecule has 7 nitrogen and oxygen atoms in total. The number of nitrogens with two attached hydrogens (primary N) is 1. The van der Waals surface area contributed by atoms with Gasteiger partial charge in [-0.25, -0.2) is 13.6 Å². The molecule has 1 aromatic heterocycles. The maximum absolute atomic E-state index is 14.4. The lowest BCUT2D eigenvalue weighted by molar-refractivity contribution is -0.145. The number of benzene rings is 2. The van der Waals surface area contributed by atoms with Gasteiger partial charge in [-0.2, -0.15) is 4.98 Å². The van der Waals surface area contributed by atoms with Crippen LogP contribution < -0.4 is 19.9 Å².